The van der Waals surface area contributed by atoms with Gasteiger partial charge in [-0.15, -0.1) is 0 Å². The maximum absolute atomic E-state index is 11.9. The Morgan fingerprint density at radius 3 is 2.47 bits per heavy atom. The molecule has 0 heterocycles. The van der Waals surface area contributed by atoms with Crippen LogP contribution in [0.15, 0.2) is 21.5 Å². The molecule has 0 saturated carbocycles. The highest BCUT2D eigenvalue weighted by Crippen LogP contribution is 2.31. The molecule has 1 N–H and O–H groups in total. The van der Waals surface area contributed by atoms with Crippen LogP contribution in [0.4, 0.5) is 0 Å². The van der Waals surface area contributed by atoms with E-state index in [-0.39, 0.29) is 21.4 Å². The number of hydrogen-bond acceptors (Lipinski definition) is 3. The SMILES string of the molecule is CC(C)CNC(=O)c1cc(S(=O)(=O)Cl)cc(Br)c1Cl. The van der Waals surface area contributed by atoms with Gasteiger partial charge >= 0.3 is 0 Å². The molecule has 0 saturated heterocycles. The third-order valence-corrected chi connectivity index (χ3v) is 4.79. The molecule has 1 amide bonds. The fourth-order valence-corrected chi connectivity index (χ4v) is 2.85. The van der Waals surface area contributed by atoms with E-state index in [1.807, 2.05) is 13.8 Å². The van der Waals surface area contributed by atoms with Crippen molar-refractivity contribution < 1.29 is 13.2 Å². The summed E-state index contributed by atoms with van der Waals surface area (Å²) >= 11 is 9.08. The van der Waals surface area contributed by atoms with Gasteiger partial charge in [0.15, 0.2) is 0 Å². The predicted octanol–water partition coefficient (Wildman–Crippen LogP) is 3.42. The number of carbonyl (C=O) groups excluding carboxylic acids is 1. The summed E-state index contributed by atoms with van der Waals surface area (Å²) < 4.78 is 22.9. The lowest BCUT2D eigenvalue weighted by Crippen LogP contribution is -2.27. The molecule has 0 spiro atoms. The number of halogens is 3. The molecule has 0 unspecified atom stereocenters. The minimum atomic E-state index is -3.93. The summed E-state index contributed by atoms with van der Waals surface area (Å²) in [5, 5.41) is 2.81. The molecule has 0 fully saturated rings. The molecule has 0 bridgehead atoms. The zero-order valence-corrected chi connectivity index (χ0v) is 14.1. The van der Waals surface area contributed by atoms with Crippen molar-refractivity contribution in [3.05, 3.63) is 27.2 Å². The van der Waals surface area contributed by atoms with Crippen LogP contribution >= 0.6 is 38.2 Å². The molecular weight excluding hydrogens is 377 g/mol. The highest BCUT2D eigenvalue weighted by atomic mass is 79.9. The number of amides is 1. The number of carbonyl (C=O) groups is 1. The Hall–Kier alpha value is -0.300. The van der Waals surface area contributed by atoms with Gasteiger partial charge in [0, 0.05) is 21.7 Å². The zero-order valence-electron chi connectivity index (χ0n) is 10.2. The molecule has 106 valence electrons. The molecule has 0 aromatic heterocycles. The van der Waals surface area contributed by atoms with Crippen LogP contribution in [0.5, 0.6) is 0 Å². The molecule has 8 heteroatoms. The average Bonchev–Trinajstić information content (AvgIpc) is 2.27. The fourth-order valence-electron chi connectivity index (χ4n) is 1.26. The van der Waals surface area contributed by atoms with Crippen LogP contribution in [0.25, 0.3) is 0 Å². The monoisotopic (exact) mass is 387 g/mol. The third kappa shape index (κ3) is 4.63. The standard InChI is InChI=1S/C11H12BrCl2NO3S/c1-6(2)5-15-11(16)8-3-7(19(14,17)18)4-9(12)10(8)13/h3-4,6H,5H2,1-2H3,(H,15,16). The Labute approximate surface area is 130 Å². The first-order valence-corrected chi connectivity index (χ1v) is 8.83. The summed E-state index contributed by atoms with van der Waals surface area (Å²) in [5.41, 5.74) is 0.0657. The van der Waals surface area contributed by atoms with Crippen LogP contribution in [0.1, 0.15) is 24.2 Å². The smallest absolute Gasteiger partial charge is 0.261 e. The van der Waals surface area contributed by atoms with Gasteiger partial charge in [0.25, 0.3) is 15.0 Å². The maximum atomic E-state index is 11.9. The summed E-state index contributed by atoms with van der Waals surface area (Å²) in [6.45, 7) is 4.35. The second kappa shape index (κ2) is 6.43. The molecular formula is C11H12BrCl2NO3S. The van der Waals surface area contributed by atoms with Crippen molar-refractivity contribution in [2.24, 2.45) is 5.92 Å². The zero-order chi connectivity index (χ0) is 14.8. The number of hydrogen-bond donors (Lipinski definition) is 1. The molecule has 1 aromatic rings. The van der Waals surface area contributed by atoms with E-state index in [1.165, 1.54) is 6.07 Å². The molecule has 4 nitrogen and oxygen atoms in total. The summed E-state index contributed by atoms with van der Waals surface area (Å²) in [4.78, 5) is 11.8. The van der Waals surface area contributed by atoms with Gasteiger partial charge in [-0.05, 0) is 34.0 Å². The number of rotatable bonds is 4. The van der Waals surface area contributed by atoms with Crippen LogP contribution in [-0.2, 0) is 9.05 Å². The third-order valence-electron chi connectivity index (χ3n) is 2.20. The molecule has 0 aliphatic carbocycles. The van der Waals surface area contributed by atoms with Crippen molar-refractivity contribution >= 4 is 53.2 Å². The van der Waals surface area contributed by atoms with E-state index >= 15 is 0 Å². The predicted molar refractivity (Wildman–Crippen MR) is 79.4 cm³/mol. The first kappa shape index (κ1) is 16.8. The molecule has 0 aliphatic rings. The summed E-state index contributed by atoms with van der Waals surface area (Å²) in [7, 11) is 1.34. The minimum Gasteiger partial charge on any atom is -0.352 e. The fraction of sp³-hybridized carbons (Fsp3) is 0.364. The van der Waals surface area contributed by atoms with E-state index in [2.05, 4.69) is 21.2 Å². The van der Waals surface area contributed by atoms with Crippen molar-refractivity contribution in [1.82, 2.24) is 5.32 Å². The largest absolute Gasteiger partial charge is 0.352 e. The van der Waals surface area contributed by atoms with Crippen molar-refractivity contribution in [2.45, 2.75) is 18.7 Å². The van der Waals surface area contributed by atoms with Crippen LogP contribution in [0.2, 0.25) is 5.02 Å². The Bertz CT molecular complexity index is 602. The van der Waals surface area contributed by atoms with Crippen LogP contribution in [0, 0.1) is 5.92 Å². The van der Waals surface area contributed by atoms with Crippen molar-refractivity contribution in [3.63, 3.8) is 0 Å². The van der Waals surface area contributed by atoms with E-state index in [0.717, 1.165) is 6.07 Å². The van der Waals surface area contributed by atoms with Crippen molar-refractivity contribution in [2.75, 3.05) is 6.54 Å². The van der Waals surface area contributed by atoms with Gasteiger partial charge in [0.2, 0.25) is 0 Å². The summed E-state index contributed by atoms with van der Waals surface area (Å²) in [6.07, 6.45) is 0. The summed E-state index contributed by atoms with van der Waals surface area (Å²) in [5.74, 6) is -0.173. The van der Waals surface area contributed by atoms with Gasteiger partial charge in [0.05, 0.1) is 15.5 Å². The van der Waals surface area contributed by atoms with E-state index in [1.54, 1.807) is 0 Å². The number of benzene rings is 1. The quantitative estimate of drug-likeness (QED) is 0.803. The highest BCUT2D eigenvalue weighted by molar-refractivity contribution is 9.10. The first-order valence-electron chi connectivity index (χ1n) is 5.35. The lowest BCUT2D eigenvalue weighted by molar-refractivity contribution is 0.0949. The second-order valence-corrected chi connectivity index (χ2v) is 8.11. The van der Waals surface area contributed by atoms with E-state index in [9.17, 15) is 13.2 Å². The lowest BCUT2D eigenvalue weighted by atomic mass is 10.2. The Kier molecular flexibility index (Phi) is 5.67. The Morgan fingerprint density at radius 2 is 2.00 bits per heavy atom. The van der Waals surface area contributed by atoms with E-state index < -0.39 is 15.0 Å². The number of nitrogens with one attached hydrogen (secondary N) is 1. The minimum absolute atomic E-state index is 0.0657. The Morgan fingerprint density at radius 1 is 1.42 bits per heavy atom. The normalized spacial score (nSPS) is 11.7. The van der Waals surface area contributed by atoms with E-state index in [0.29, 0.717) is 11.0 Å². The van der Waals surface area contributed by atoms with Crippen LogP contribution in [-0.4, -0.2) is 20.9 Å². The Balaban J connectivity index is 3.20. The van der Waals surface area contributed by atoms with Gasteiger partial charge in [-0.3, -0.25) is 4.79 Å². The average molecular weight is 389 g/mol. The van der Waals surface area contributed by atoms with Gasteiger partial charge in [-0.2, -0.15) is 0 Å². The van der Waals surface area contributed by atoms with Gasteiger partial charge in [-0.25, -0.2) is 8.42 Å². The second-order valence-electron chi connectivity index (χ2n) is 4.31. The molecule has 19 heavy (non-hydrogen) atoms. The van der Waals surface area contributed by atoms with Gasteiger partial charge in [0.1, 0.15) is 0 Å². The van der Waals surface area contributed by atoms with E-state index in [4.69, 9.17) is 22.3 Å². The van der Waals surface area contributed by atoms with Crippen molar-refractivity contribution in [3.8, 4) is 0 Å². The van der Waals surface area contributed by atoms with Crippen LogP contribution < -0.4 is 5.32 Å². The maximum Gasteiger partial charge on any atom is 0.261 e. The molecule has 0 radical (unpaired) electrons. The highest BCUT2D eigenvalue weighted by Gasteiger charge is 2.19. The van der Waals surface area contributed by atoms with Crippen LogP contribution in [0.3, 0.4) is 0 Å². The molecule has 1 aromatic carbocycles. The topological polar surface area (TPSA) is 63.2 Å². The molecule has 0 atom stereocenters. The first-order chi connectivity index (χ1) is 8.62. The molecule has 0 aliphatic heterocycles. The lowest BCUT2D eigenvalue weighted by Gasteiger charge is -2.10. The van der Waals surface area contributed by atoms with Gasteiger partial charge in [-0.1, -0.05) is 25.4 Å². The van der Waals surface area contributed by atoms with Gasteiger partial charge < -0.3 is 5.32 Å². The van der Waals surface area contributed by atoms with Crippen molar-refractivity contribution in [1.29, 1.82) is 0 Å². The summed E-state index contributed by atoms with van der Waals surface area (Å²) in [6, 6.07) is 2.41. The molecule has 1 rings (SSSR count).